The van der Waals surface area contributed by atoms with Gasteiger partial charge in [0.2, 0.25) is 0 Å². The fraction of sp³-hybridized carbons (Fsp3) is 0.235. The van der Waals surface area contributed by atoms with Crippen LogP contribution in [0.15, 0.2) is 30.7 Å². The van der Waals surface area contributed by atoms with Gasteiger partial charge in [-0.1, -0.05) is 13.3 Å². The first kappa shape index (κ1) is 17.6. The molecule has 136 valence electrons. The van der Waals surface area contributed by atoms with Crippen LogP contribution in [0.3, 0.4) is 0 Å². The molecule has 9 heteroatoms. The Labute approximate surface area is 148 Å². The average Bonchev–Trinajstić information content (AvgIpc) is 2.99. The Kier molecular flexibility index (Phi) is 5.26. The minimum Gasteiger partial charge on any atom is -0.368 e. The predicted molar refractivity (Wildman–Crippen MR) is 96.3 cm³/mol. The minimum atomic E-state index is -0.608. The van der Waals surface area contributed by atoms with Crippen LogP contribution in [0, 0.1) is 11.6 Å². The number of hydrogen-bond acceptors (Lipinski definition) is 4. The summed E-state index contributed by atoms with van der Waals surface area (Å²) in [6, 6.07) is 1.83. The first-order chi connectivity index (χ1) is 12.6. The number of halogens is 2. The molecule has 7 nitrogen and oxygen atoms in total. The lowest BCUT2D eigenvalue weighted by Gasteiger charge is -2.09. The molecular formula is C17H18F2N6O. The van der Waals surface area contributed by atoms with Crippen molar-refractivity contribution in [2.45, 2.75) is 19.8 Å². The number of anilines is 3. The van der Waals surface area contributed by atoms with Crippen molar-refractivity contribution in [1.29, 1.82) is 0 Å². The molecule has 0 unspecified atom stereocenters. The maximum absolute atomic E-state index is 14.0. The third kappa shape index (κ3) is 4.05. The summed E-state index contributed by atoms with van der Waals surface area (Å²) in [4.78, 5) is 22.8. The van der Waals surface area contributed by atoms with Gasteiger partial charge in [-0.2, -0.15) is 0 Å². The van der Waals surface area contributed by atoms with Crippen LogP contribution < -0.4 is 16.0 Å². The third-order valence-electron chi connectivity index (χ3n) is 3.67. The van der Waals surface area contributed by atoms with Crippen molar-refractivity contribution in [1.82, 2.24) is 15.0 Å². The van der Waals surface area contributed by atoms with Crippen molar-refractivity contribution in [2.24, 2.45) is 0 Å². The number of urea groups is 1. The fourth-order valence-corrected chi connectivity index (χ4v) is 2.39. The van der Waals surface area contributed by atoms with E-state index in [2.05, 4.69) is 30.9 Å². The summed E-state index contributed by atoms with van der Waals surface area (Å²) in [5, 5.41) is 8.37. The zero-order valence-electron chi connectivity index (χ0n) is 14.1. The van der Waals surface area contributed by atoms with Gasteiger partial charge in [0.25, 0.3) is 0 Å². The van der Waals surface area contributed by atoms with Gasteiger partial charge in [-0.3, -0.25) is 0 Å². The quantitative estimate of drug-likeness (QED) is 0.498. The topological polar surface area (TPSA) is 94.7 Å². The Morgan fingerprint density at radius 2 is 2.04 bits per heavy atom. The molecule has 3 aromatic heterocycles. The first-order valence-corrected chi connectivity index (χ1v) is 8.17. The highest BCUT2D eigenvalue weighted by Gasteiger charge is 2.11. The van der Waals surface area contributed by atoms with Gasteiger partial charge in [0, 0.05) is 24.2 Å². The van der Waals surface area contributed by atoms with Gasteiger partial charge in [-0.15, -0.1) is 0 Å². The van der Waals surface area contributed by atoms with Crippen LogP contribution in [-0.4, -0.2) is 27.5 Å². The Balaban J connectivity index is 1.66. The molecule has 0 bridgehead atoms. The molecule has 3 rings (SSSR count). The van der Waals surface area contributed by atoms with E-state index in [0.29, 0.717) is 23.3 Å². The number of pyridine rings is 2. The smallest absolute Gasteiger partial charge is 0.323 e. The van der Waals surface area contributed by atoms with Crippen molar-refractivity contribution in [2.75, 3.05) is 22.5 Å². The number of nitrogens with one attached hydrogen (secondary N) is 4. The molecule has 0 atom stereocenters. The van der Waals surface area contributed by atoms with Crippen LogP contribution in [0.4, 0.5) is 30.8 Å². The normalized spacial score (nSPS) is 10.7. The number of H-pyrrole nitrogens is 1. The van der Waals surface area contributed by atoms with Crippen molar-refractivity contribution in [3.63, 3.8) is 0 Å². The second-order valence-electron chi connectivity index (χ2n) is 5.67. The van der Waals surface area contributed by atoms with Gasteiger partial charge in [0.05, 0.1) is 23.8 Å². The number of carbonyl (C=O) groups excluding carboxylic acids is 1. The summed E-state index contributed by atoms with van der Waals surface area (Å²) in [5.41, 5.74) is 0.998. The van der Waals surface area contributed by atoms with Crippen molar-refractivity contribution in [3.05, 3.63) is 42.4 Å². The van der Waals surface area contributed by atoms with Crippen LogP contribution in [0.5, 0.6) is 0 Å². The molecule has 0 aliphatic heterocycles. The second kappa shape index (κ2) is 7.77. The van der Waals surface area contributed by atoms with E-state index in [1.807, 2.05) is 6.92 Å². The summed E-state index contributed by atoms with van der Waals surface area (Å²) >= 11 is 0. The Morgan fingerprint density at radius 3 is 2.81 bits per heavy atom. The summed E-state index contributed by atoms with van der Waals surface area (Å²) in [7, 11) is 0. The number of aromatic amines is 1. The molecule has 0 radical (unpaired) electrons. The number of unbranched alkanes of at least 4 members (excludes halogenated alkanes) is 1. The molecule has 3 heterocycles. The Morgan fingerprint density at radius 1 is 1.19 bits per heavy atom. The average molecular weight is 360 g/mol. The zero-order valence-corrected chi connectivity index (χ0v) is 14.1. The van der Waals surface area contributed by atoms with E-state index in [4.69, 9.17) is 0 Å². The van der Waals surface area contributed by atoms with E-state index in [-0.39, 0.29) is 11.5 Å². The second-order valence-corrected chi connectivity index (χ2v) is 5.67. The molecule has 0 aliphatic carbocycles. The molecule has 0 saturated carbocycles. The molecule has 0 spiro atoms. The number of hydrogen-bond donors (Lipinski definition) is 4. The summed E-state index contributed by atoms with van der Waals surface area (Å²) in [5.74, 6) is -0.933. The van der Waals surface area contributed by atoms with Crippen LogP contribution in [0.2, 0.25) is 0 Å². The van der Waals surface area contributed by atoms with Crippen molar-refractivity contribution < 1.29 is 13.6 Å². The zero-order chi connectivity index (χ0) is 18.5. The van der Waals surface area contributed by atoms with Crippen molar-refractivity contribution in [3.8, 4) is 0 Å². The largest absolute Gasteiger partial charge is 0.368 e. The minimum absolute atomic E-state index is 0.141. The van der Waals surface area contributed by atoms with Gasteiger partial charge in [0.15, 0.2) is 11.6 Å². The highest BCUT2D eigenvalue weighted by atomic mass is 19.1. The summed E-state index contributed by atoms with van der Waals surface area (Å²) in [6.07, 6.45) is 5.82. The van der Waals surface area contributed by atoms with Gasteiger partial charge in [-0.25, -0.2) is 23.5 Å². The number of aromatic nitrogens is 3. The van der Waals surface area contributed by atoms with Gasteiger partial charge >= 0.3 is 6.03 Å². The van der Waals surface area contributed by atoms with Gasteiger partial charge < -0.3 is 20.9 Å². The van der Waals surface area contributed by atoms with E-state index < -0.39 is 17.7 Å². The van der Waals surface area contributed by atoms with Crippen LogP contribution in [-0.2, 0) is 0 Å². The molecule has 26 heavy (non-hydrogen) atoms. The molecular weight excluding hydrogens is 342 g/mol. The highest BCUT2D eigenvalue weighted by Crippen LogP contribution is 2.22. The highest BCUT2D eigenvalue weighted by molar-refractivity contribution is 6.05. The van der Waals surface area contributed by atoms with Crippen molar-refractivity contribution >= 4 is 34.3 Å². The molecule has 0 saturated heterocycles. The number of fused-ring (bicyclic) bond motifs is 1. The fourth-order valence-electron chi connectivity index (χ4n) is 2.39. The van der Waals surface area contributed by atoms with Crippen LogP contribution in [0.25, 0.3) is 11.0 Å². The number of nitrogens with zero attached hydrogens (tertiary/aromatic N) is 2. The van der Waals surface area contributed by atoms with E-state index >= 15 is 0 Å². The van der Waals surface area contributed by atoms with E-state index in [1.165, 1.54) is 24.5 Å². The number of rotatable bonds is 6. The molecule has 4 N–H and O–H groups in total. The van der Waals surface area contributed by atoms with E-state index in [0.717, 1.165) is 19.0 Å². The predicted octanol–water partition coefficient (Wildman–Crippen LogP) is 4.09. The molecule has 0 fully saturated rings. The molecule has 2 amide bonds. The number of amides is 2. The summed E-state index contributed by atoms with van der Waals surface area (Å²) in [6.45, 7) is 2.66. The molecule has 0 aromatic carbocycles. The number of carbonyl (C=O) groups is 1. The Hall–Kier alpha value is -3.23. The summed E-state index contributed by atoms with van der Waals surface area (Å²) < 4.78 is 27.3. The molecule has 0 aliphatic rings. The van der Waals surface area contributed by atoms with E-state index in [1.54, 1.807) is 0 Å². The maximum Gasteiger partial charge on any atom is 0.323 e. The lowest BCUT2D eigenvalue weighted by Crippen LogP contribution is -2.19. The first-order valence-electron chi connectivity index (χ1n) is 8.17. The Bertz CT molecular complexity index is 927. The third-order valence-corrected chi connectivity index (χ3v) is 3.67. The van der Waals surface area contributed by atoms with Gasteiger partial charge in [-0.05, 0) is 12.5 Å². The standard InChI is InChI=1S/C17H18F2N6O/c1-2-3-4-20-16-13(19)6-11(8-22-16)24-17(26)25-14-9-23-15-12(14)5-10(18)7-21-15/h5-9H,2-4H2,1H3,(H,20,22)(H,21,23)(H2,24,25,26). The molecule has 3 aromatic rings. The van der Waals surface area contributed by atoms with Gasteiger partial charge in [0.1, 0.15) is 11.5 Å². The monoisotopic (exact) mass is 360 g/mol. The van der Waals surface area contributed by atoms with E-state index in [9.17, 15) is 13.6 Å². The lowest BCUT2D eigenvalue weighted by atomic mass is 10.3. The van der Waals surface area contributed by atoms with Crippen LogP contribution in [0.1, 0.15) is 19.8 Å². The van der Waals surface area contributed by atoms with Crippen LogP contribution >= 0.6 is 0 Å². The maximum atomic E-state index is 14.0. The SMILES string of the molecule is CCCCNc1ncc(NC(=O)Nc2c[nH]c3ncc(F)cc23)cc1F. The lowest BCUT2D eigenvalue weighted by molar-refractivity contribution is 0.262.